The van der Waals surface area contributed by atoms with Crippen LogP contribution in [0.2, 0.25) is 5.02 Å². The van der Waals surface area contributed by atoms with E-state index in [4.69, 9.17) is 11.6 Å². The number of aryl methyl sites for hydroxylation is 1. The lowest BCUT2D eigenvalue weighted by Gasteiger charge is -2.32. The highest BCUT2D eigenvalue weighted by atomic mass is 35.5. The van der Waals surface area contributed by atoms with E-state index in [1.165, 1.54) is 5.56 Å². The van der Waals surface area contributed by atoms with E-state index in [1.807, 2.05) is 30.0 Å². The quantitative estimate of drug-likeness (QED) is 0.919. The van der Waals surface area contributed by atoms with Crippen LogP contribution in [-0.4, -0.2) is 34.1 Å². The fourth-order valence-electron chi connectivity index (χ4n) is 3.88. The Hall–Kier alpha value is -1.81. The Labute approximate surface area is 147 Å². The van der Waals surface area contributed by atoms with Crippen molar-refractivity contribution in [2.75, 3.05) is 13.1 Å². The lowest BCUT2D eigenvalue weighted by atomic mass is 9.94. The van der Waals surface area contributed by atoms with Crippen molar-refractivity contribution >= 4 is 17.5 Å². The predicted molar refractivity (Wildman–Crippen MR) is 94.2 cm³/mol. The molecule has 1 saturated heterocycles. The van der Waals surface area contributed by atoms with Crippen LogP contribution in [0.3, 0.4) is 0 Å². The van der Waals surface area contributed by atoms with Crippen molar-refractivity contribution in [3.63, 3.8) is 0 Å². The number of piperidine rings is 1. The van der Waals surface area contributed by atoms with Crippen molar-refractivity contribution in [2.45, 2.75) is 38.0 Å². The van der Waals surface area contributed by atoms with E-state index < -0.39 is 0 Å². The summed E-state index contributed by atoms with van der Waals surface area (Å²) in [6.07, 6.45) is 3.11. The molecule has 2 fully saturated rings. The Bertz CT molecular complexity index is 757. The molecule has 1 N–H and O–H groups in total. The molecule has 4 rings (SSSR count). The van der Waals surface area contributed by atoms with Gasteiger partial charge in [-0.2, -0.15) is 5.10 Å². The number of nitrogens with one attached hydrogen (secondary N) is 1. The molecule has 1 aliphatic carbocycles. The van der Waals surface area contributed by atoms with Crippen LogP contribution >= 0.6 is 11.6 Å². The van der Waals surface area contributed by atoms with Gasteiger partial charge < -0.3 is 4.90 Å². The molecule has 2 aliphatic rings. The van der Waals surface area contributed by atoms with Gasteiger partial charge in [0, 0.05) is 35.6 Å². The molecule has 24 heavy (non-hydrogen) atoms. The number of hydrogen-bond acceptors (Lipinski definition) is 2. The van der Waals surface area contributed by atoms with Gasteiger partial charge in [0.05, 0.1) is 5.69 Å². The third-order valence-corrected chi connectivity index (χ3v) is 5.50. The van der Waals surface area contributed by atoms with E-state index in [0.717, 1.165) is 48.8 Å². The molecule has 3 unspecified atom stereocenters. The van der Waals surface area contributed by atoms with Gasteiger partial charge in [0.25, 0.3) is 0 Å². The molecular weight excluding hydrogens is 322 g/mol. The van der Waals surface area contributed by atoms with E-state index in [2.05, 4.69) is 22.3 Å². The van der Waals surface area contributed by atoms with Crippen LogP contribution in [0, 0.1) is 12.8 Å². The number of rotatable bonds is 3. The predicted octanol–water partition coefficient (Wildman–Crippen LogP) is 3.88. The second-order valence-corrected chi connectivity index (χ2v) is 7.54. The van der Waals surface area contributed by atoms with Gasteiger partial charge in [-0.25, -0.2) is 0 Å². The van der Waals surface area contributed by atoms with Gasteiger partial charge in [0.2, 0.25) is 5.91 Å². The topological polar surface area (TPSA) is 49.0 Å². The normalized spacial score (nSPS) is 26.4. The van der Waals surface area contributed by atoms with Crippen LogP contribution in [0.4, 0.5) is 0 Å². The molecule has 3 atom stereocenters. The van der Waals surface area contributed by atoms with Crippen LogP contribution < -0.4 is 0 Å². The Balaban J connectivity index is 1.42. The van der Waals surface area contributed by atoms with Gasteiger partial charge in [0.1, 0.15) is 0 Å². The number of hydrogen-bond donors (Lipinski definition) is 1. The molecule has 1 aromatic carbocycles. The number of aromatic amines is 1. The zero-order valence-electron chi connectivity index (χ0n) is 13.8. The standard InChI is InChI=1S/C19H22ClN3O/c1-12-8-18(22-21-12)14-5-3-7-23(11-14)19(24)17-10-16(17)13-4-2-6-15(20)9-13/h2,4,6,8-9,14,16-17H,3,5,7,10-11H2,1H3,(H,21,22). The second kappa shape index (κ2) is 6.25. The molecule has 0 bridgehead atoms. The average molecular weight is 344 g/mol. The molecule has 1 aliphatic heterocycles. The fourth-order valence-corrected chi connectivity index (χ4v) is 4.07. The second-order valence-electron chi connectivity index (χ2n) is 7.10. The zero-order valence-corrected chi connectivity index (χ0v) is 14.6. The number of aromatic nitrogens is 2. The van der Waals surface area contributed by atoms with Crippen molar-refractivity contribution in [1.29, 1.82) is 0 Å². The minimum Gasteiger partial charge on any atom is -0.342 e. The number of benzene rings is 1. The van der Waals surface area contributed by atoms with E-state index in [-0.39, 0.29) is 5.92 Å². The van der Waals surface area contributed by atoms with Crippen LogP contribution in [0.25, 0.3) is 0 Å². The summed E-state index contributed by atoms with van der Waals surface area (Å²) in [6.45, 7) is 3.68. The van der Waals surface area contributed by atoms with Gasteiger partial charge in [-0.3, -0.25) is 9.89 Å². The van der Waals surface area contributed by atoms with Crippen molar-refractivity contribution < 1.29 is 4.79 Å². The smallest absolute Gasteiger partial charge is 0.226 e. The highest BCUT2D eigenvalue weighted by Gasteiger charge is 2.46. The van der Waals surface area contributed by atoms with E-state index >= 15 is 0 Å². The maximum atomic E-state index is 12.9. The summed E-state index contributed by atoms with van der Waals surface area (Å²) in [5, 5.41) is 8.15. The fraction of sp³-hybridized carbons (Fsp3) is 0.474. The van der Waals surface area contributed by atoms with Crippen LogP contribution in [0.1, 0.15) is 48.0 Å². The van der Waals surface area contributed by atoms with E-state index in [0.29, 0.717) is 17.7 Å². The molecule has 1 saturated carbocycles. The molecule has 5 heteroatoms. The summed E-state index contributed by atoms with van der Waals surface area (Å²) in [6, 6.07) is 10.0. The highest BCUT2D eigenvalue weighted by Crippen LogP contribution is 2.49. The molecular formula is C19H22ClN3O. The number of amides is 1. The molecule has 1 amide bonds. The minimum absolute atomic E-state index is 0.128. The van der Waals surface area contributed by atoms with Gasteiger partial charge in [-0.05, 0) is 55.9 Å². The van der Waals surface area contributed by atoms with Gasteiger partial charge in [-0.15, -0.1) is 0 Å². The summed E-state index contributed by atoms with van der Waals surface area (Å²) in [5.74, 6) is 1.13. The lowest BCUT2D eigenvalue weighted by Crippen LogP contribution is -2.40. The summed E-state index contributed by atoms with van der Waals surface area (Å²) >= 11 is 6.08. The molecule has 4 nitrogen and oxygen atoms in total. The van der Waals surface area contributed by atoms with Crippen LogP contribution in [-0.2, 0) is 4.79 Å². The molecule has 1 aromatic heterocycles. The first-order valence-corrected chi connectivity index (χ1v) is 9.06. The number of carbonyl (C=O) groups is 1. The first kappa shape index (κ1) is 15.7. The van der Waals surface area contributed by atoms with Gasteiger partial charge >= 0.3 is 0 Å². The monoisotopic (exact) mass is 343 g/mol. The maximum absolute atomic E-state index is 12.9. The van der Waals surface area contributed by atoms with Gasteiger partial charge in [-0.1, -0.05) is 23.7 Å². The van der Waals surface area contributed by atoms with Crippen LogP contribution in [0.5, 0.6) is 0 Å². The summed E-state index contributed by atoms with van der Waals surface area (Å²) in [7, 11) is 0. The Morgan fingerprint density at radius 1 is 1.38 bits per heavy atom. The molecule has 2 aromatic rings. The molecule has 0 radical (unpaired) electrons. The number of H-pyrrole nitrogens is 1. The Morgan fingerprint density at radius 2 is 2.25 bits per heavy atom. The average Bonchev–Trinajstić information content (AvgIpc) is 3.28. The number of halogens is 1. The number of carbonyl (C=O) groups excluding carboxylic acids is 1. The summed E-state index contributed by atoms with van der Waals surface area (Å²) < 4.78 is 0. The van der Waals surface area contributed by atoms with Crippen molar-refractivity contribution in [1.82, 2.24) is 15.1 Å². The van der Waals surface area contributed by atoms with Crippen molar-refractivity contribution in [3.05, 3.63) is 52.3 Å². The lowest BCUT2D eigenvalue weighted by molar-refractivity contribution is -0.133. The third kappa shape index (κ3) is 3.07. The largest absolute Gasteiger partial charge is 0.342 e. The van der Waals surface area contributed by atoms with Crippen molar-refractivity contribution in [3.8, 4) is 0 Å². The molecule has 2 heterocycles. The Morgan fingerprint density at radius 3 is 3.00 bits per heavy atom. The Kier molecular flexibility index (Phi) is 4.09. The minimum atomic E-state index is 0.128. The number of likely N-dealkylation sites (tertiary alicyclic amines) is 1. The van der Waals surface area contributed by atoms with Crippen molar-refractivity contribution in [2.24, 2.45) is 5.92 Å². The highest BCUT2D eigenvalue weighted by molar-refractivity contribution is 6.30. The third-order valence-electron chi connectivity index (χ3n) is 5.26. The molecule has 0 spiro atoms. The maximum Gasteiger partial charge on any atom is 0.226 e. The van der Waals surface area contributed by atoms with E-state index in [9.17, 15) is 4.79 Å². The summed E-state index contributed by atoms with van der Waals surface area (Å²) in [4.78, 5) is 14.9. The number of nitrogens with zero attached hydrogens (tertiary/aromatic N) is 2. The SMILES string of the molecule is Cc1cc(C2CCCN(C(=O)C3CC3c3cccc(Cl)c3)C2)n[nH]1. The first-order valence-electron chi connectivity index (χ1n) is 8.68. The van der Waals surface area contributed by atoms with E-state index in [1.54, 1.807) is 0 Å². The summed E-state index contributed by atoms with van der Waals surface area (Å²) in [5.41, 5.74) is 3.36. The van der Waals surface area contributed by atoms with Crippen LogP contribution in [0.15, 0.2) is 30.3 Å². The van der Waals surface area contributed by atoms with Gasteiger partial charge in [0.15, 0.2) is 0 Å². The molecule has 126 valence electrons. The first-order chi connectivity index (χ1) is 11.6. The zero-order chi connectivity index (χ0) is 16.7.